The Balaban J connectivity index is 2.52. The van der Waals surface area contributed by atoms with Gasteiger partial charge >= 0.3 is 0 Å². The fraction of sp³-hybridized carbons (Fsp3) is 0.533. The van der Waals surface area contributed by atoms with Crippen molar-refractivity contribution in [3.63, 3.8) is 0 Å². The van der Waals surface area contributed by atoms with Crippen molar-refractivity contribution in [1.29, 1.82) is 0 Å². The zero-order chi connectivity index (χ0) is 14.4. The lowest BCUT2D eigenvalue weighted by atomic mass is 9.94. The van der Waals surface area contributed by atoms with Gasteiger partial charge in [0.05, 0.1) is 5.92 Å². The smallest absolute Gasteiger partial charge is 0.224 e. The van der Waals surface area contributed by atoms with Gasteiger partial charge in [-0.15, -0.1) is 0 Å². The van der Waals surface area contributed by atoms with Crippen LogP contribution in [0, 0.1) is 11.8 Å². The van der Waals surface area contributed by atoms with Crippen LogP contribution in [-0.4, -0.2) is 18.5 Å². The number of nitrogens with one attached hydrogen (secondary N) is 1. The average molecular weight is 327 g/mol. The molecule has 4 heteroatoms. The molecule has 19 heavy (non-hydrogen) atoms. The highest BCUT2D eigenvalue weighted by atomic mass is 79.9. The molecule has 3 N–H and O–H groups in total. The number of amides is 1. The molecule has 0 aliphatic carbocycles. The second-order valence-electron chi connectivity index (χ2n) is 5.33. The van der Waals surface area contributed by atoms with E-state index in [1.807, 2.05) is 32.9 Å². The van der Waals surface area contributed by atoms with E-state index in [2.05, 4.69) is 33.4 Å². The molecule has 0 aromatic heterocycles. The number of benzene rings is 1. The highest BCUT2D eigenvalue weighted by Gasteiger charge is 2.21. The third-order valence-electron chi connectivity index (χ3n) is 3.24. The van der Waals surface area contributed by atoms with E-state index in [4.69, 9.17) is 5.73 Å². The zero-order valence-electron chi connectivity index (χ0n) is 11.8. The van der Waals surface area contributed by atoms with Crippen LogP contribution in [0.4, 0.5) is 0 Å². The molecule has 0 fully saturated rings. The van der Waals surface area contributed by atoms with Gasteiger partial charge in [-0.2, -0.15) is 0 Å². The van der Waals surface area contributed by atoms with E-state index < -0.39 is 0 Å². The maximum atomic E-state index is 12.1. The minimum Gasteiger partial charge on any atom is -0.353 e. The molecule has 0 radical (unpaired) electrons. The number of halogens is 1. The number of rotatable bonds is 6. The molecule has 2 atom stereocenters. The molecule has 106 valence electrons. The Labute approximate surface area is 124 Å². The molecule has 1 aromatic carbocycles. The van der Waals surface area contributed by atoms with E-state index in [0.717, 1.165) is 10.9 Å². The van der Waals surface area contributed by atoms with E-state index in [-0.39, 0.29) is 23.8 Å². The van der Waals surface area contributed by atoms with Crippen LogP contribution >= 0.6 is 15.9 Å². The number of carbonyl (C=O) groups excluding carboxylic acids is 1. The molecule has 0 heterocycles. The van der Waals surface area contributed by atoms with Crippen LogP contribution in [0.25, 0.3) is 0 Å². The van der Waals surface area contributed by atoms with Crippen LogP contribution in [0.5, 0.6) is 0 Å². The molecule has 1 rings (SSSR count). The van der Waals surface area contributed by atoms with Crippen LogP contribution < -0.4 is 11.1 Å². The second-order valence-corrected chi connectivity index (χ2v) is 6.24. The summed E-state index contributed by atoms with van der Waals surface area (Å²) in [4.78, 5) is 12.1. The Kier molecular flexibility index (Phi) is 6.52. The highest BCUT2D eigenvalue weighted by Crippen LogP contribution is 2.13. The van der Waals surface area contributed by atoms with Crippen molar-refractivity contribution in [2.75, 3.05) is 6.54 Å². The minimum absolute atomic E-state index is 0.0575. The van der Waals surface area contributed by atoms with Gasteiger partial charge in [0, 0.05) is 17.1 Å². The first kappa shape index (κ1) is 16.2. The van der Waals surface area contributed by atoms with E-state index in [1.54, 1.807) is 0 Å². The summed E-state index contributed by atoms with van der Waals surface area (Å²) in [6.07, 6.45) is 0.828. The fourth-order valence-electron chi connectivity index (χ4n) is 2.06. The predicted molar refractivity (Wildman–Crippen MR) is 82.8 cm³/mol. The lowest BCUT2D eigenvalue weighted by Gasteiger charge is -2.21. The van der Waals surface area contributed by atoms with Gasteiger partial charge in [0.2, 0.25) is 5.91 Å². The van der Waals surface area contributed by atoms with Crippen molar-refractivity contribution in [3.05, 3.63) is 34.3 Å². The number of hydrogen-bond acceptors (Lipinski definition) is 2. The first-order valence-electron chi connectivity index (χ1n) is 6.69. The molecule has 0 saturated heterocycles. The van der Waals surface area contributed by atoms with Crippen molar-refractivity contribution >= 4 is 21.8 Å². The van der Waals surface area contributed by atoms with E-state index in [1.165, 1.54) is 5.56 Å². The van der Waals surface area contributed by atoms with E-state index in [0.29, 0.717) is 6.54 Å². The Bertz CT molecular complexity index is 403. The van der Waals surface area contributed by atoms with Crippen molar-refractivity contribution in [2.45, 2.75) is 33.2 Å². The number of hydrogen-bond donors (Lipinski definition) is 2. The third kappa shape index (κ3) is 5.33. The lowest BCUT2D eigenvalue weighted by Crippen LogP contribution is -2.42. The quantitative estimate of drug-likeness (QED) is 0.844. The van der Waals surface area contributed by atoms with Gasteiger partial charge in [-0.1, -0.05) is 41.9 Å². The maximum Gasteiger partial charge on any atom is 0.224 e. The van der Waals surface area contributed by atoms with Gasteiger partial charge < -0.3 is 11.1 Å². The summed E-state index contributed by atoms with van der Waals surface area (Å²) in [7, 11) is 0. The zero-order valence-corrected chi connectivity index (χ0v) is 13.4. The first-order chi connectivity index (χ1) is 8.93. The minimum atomic E-state index is -0.104. The van der Waals surface area contributed by atoms with Crippen LogP contribution in [0.15, 0.2) is 28.7 Å². The Morgan fingerprint density at radius 2 is 1.84 bits per heavy atom. The monoisotopic (exact) mass is 326 g/mol. The van der Waals surface area contributed by atoms with Gasteiger partial charge in [0.25, 0.3) is 0 Å². The summed E-state index contributed by atoms with van der Waals surface area (Å²) in [5.74, 6) is 0.222. The van der Waals surface area contributed by atoms with Crippen molar-refractivity contribution in [3.8, 4) is 0 Å². The van der Waals surface area contributed by atoms with Crippen molar-refractivity contribution in [2.24, 2.45) is 17.6 Å². The van der Waals surface area contributed by atoms with Crippen LogP contribution in [0.3, 0.4) is 0 Å². The van der Waals surface area contributed by atoms with Gasteiger partial charge in [0.15, 0.2) is 0 Å². The Morgan fingerprint density at radius 1 is 1.26 bits per heavy atom. The molecule has 0 aliphatic heterocycles. The third-order valence-corrected chi connectivity index (χ3v) is 3.77. The maximum absolute atomic E-state index is 12.1. The van der Waals surface area contributed by atoms with Crippen LogP contribution in [0.2, 0.25) is 0 Å². The van der Waals surface area contributed by atoms with Crippen LogP contribution in [-0.2, 0) is 11.2 Å². The molecule has 0 saturated carbocycles. The van der Waals surface area contributed by atoms with Gasteiger partial charge in [-0.3, -0.25) is 4.79 Å². The number of nitrogens with two attached hydrogens (primary N) is 1. The molecule has 1 aromatic rings. The van der Waals surface area contributed by atoms with Gasteiger partial charge in [0.1, 0.15) is 0 Å². The topological polar surface area (TPSA) is 55.1 Å². The predicted octanol–water partition coefficient (Wildman–Crippen LogP) is 2.73. The average Bonchev–Trinajstić information content (AvgIpc) is 2.32. The van der Waals surface area contributed by atoms with Gasteiger partial charge in [-0.25, -0.2) is 0 Å². The summed E-state index contributed by atoms with van der Waals surface area (Å²) in [5, 5.41) is 3.04. The molecule has 0 spiro atoms. The molecular weight excluding hydrogens is 304 g/mol. The Morgan fingerprint density at radius 3 is 2.32 bits per heavy atom. The summed E-state index contributed by atoms with van der Waals surface area (Å²) >= 11 is 3.41. The van der Waals surface area contributed by atoms with E-state index >= 15 is 0 Å². The van der Waals surface area contributed by atoms with Gasteiger partial charge in [-0.05, 0) is 37.0 Å². The standard InChI is InChI=1S/C15H23BrN2O/c1-10(2)14(9-17)15(19)18-11(3)8-12-4-6-13(16)7-5-12/h4-7,10-11,14H,8-9,17H2,1-3H3,(H,18,19). The van der Waals surface area contributed by atoms with Crippen LogP contribution in [0.1, 0.15) is 26.3 Å². The molecule has 0 bridgehead atoms. The number of carbonyl (C=O) groups is 1. The highest BCUT2D eigenvalue weighted by molar-refractivity contribution is 9.10. The molecule has 3 nitrogen and oxygen atoms in total. The van der Waals surface area contributed by atoms with Crippen molar-refractivity contribution in [1.82, 2.24) is 5.32 Å². The normalized spacial score (nSPS) is 14.2. The molecule has 0 aliphatic rings. The Hall–Kier alpha value is -0.870. The molecule has 2 unspecified atom stereocenters. The largest absolute Gasteiger partial charge is 0.353 e. The lowest BCUT2D eigenvalue weighted by molar-refractivity contribution is -0.126. The molecule has 1 amide bonds. The van der Waals surface area contributed by atoms with E-state index in [9.17, 15) is 4.79 Å². The fourth-order valence-corrected chi connectivity index (χ4v) is 2.32. The summed E-state index contributed by atoms with van der Waals surface area (Å²) in [6, 6.07) is 8.27. The second kappa shape index (κ2) is 7.65. The summed E-state index contributed by atoms with van der Waals surface area (Å²) in [5.41, 5.74) is 6.87. The SMILES string of the molecule is CC(Cc1ccc(Br)cc1)NC(=O)C(CN)C(C)C. The summed E-state index contributed by atoms with van der Waals surface area (Å²) < 4.78 is 1.07. The summed E-state index contributed by atoms with van der Waals surface area (Å²) in [6.45, 7) is 6.47. The molecular formula is C15H23BrN2O. The first-order valence-corrected chi connectivity index (χ1v) is 7.48. The van der Waals surface area contributed by atoms with Crippen molar-refractivity contribution < 1.29 is 4.79 Å².